The maximum Gasteiger partial charge on any atom is 0.355 e. The highest BCUT2D eigenvalue weighted by molar-refractivity contribution is 7.21. The van der Waals surface area contributed by atoms with Crippen molar-refractivity contribution in [2.45, 2.75) is 5.92 Å². The second kappa shape index (κ2) is 9.06. The minimum absolute atomic E-state index is 0.0185. The Bertz CT molecular complexity index is 1590. The normalized spacial score (nSPS) is 14.9. The summed E-state index contributed by atoms with van der Waals surface area (Å²) in [5, 5.41) is 11.3. The van der Waals surface area contributed by atoms with E-state index in [2.05, 4.69) is 0 Å². The van der Waals surface area contributed by atoms with Crippen LogP contribution in [0.5, 0.6) is 11.5 Å². The predicted octanol–water partition coefficient (Wildman–Crippen LogP) is 7.44. The summed E-state index contributed by atoms with van der Waals surface area (Å²) in [6.45, 7) is 0. The average Bonchev–Trinajstić information content (AvgIpc) is 3.14. The molecule has 2 N–H and O–H groups in total. The van der Waals surface area contributed by atoms with Gasteiger partial charge in [0, 0.05) is 37.3 Å². The molecule has 1 unspecified atom stereocenters. The highest BCUT2D eigenvalue weighted by Gasteiger charge is 2.34. The second-order valence-electron chi connectivity index (χ2n) is 7.53. The lowest BCUT2D eigenvalue weighted by Gasteiger charge is -2.27. The van der Waals surface area contributed by atoms with E-state index in [4.69, 9.17) is 50.0 Å². The van der Waals surface area contributed by atoms with Crippen LogP contribution in [0, 0.1) is 17.1 Å². The number of benzene rings is 3. The van der Waals surface area contributed by atoms with Crippen molar-refractivity contribution in [3.8, 4) is 17.6 Å². The van der Waals surface area contributed by atoms with E-state index in [-0.39, 0.29) is 43.4 Å². The first-order chi connectivity index (χ1) is 16.8. The molecule has 3 aromatic carbocycles. The summed E-state index contributed by atoms with van der Waals surface area (Å²) in [5.41, 5.74) is 6.54. The molecule has 1 aliphatic rings. The lowest BCUT2D eigenvalue weighted by Crippen LogP contribution is -2.22. The van der Waals surface area contributed by atoms with E-state index >= 15 is 0 Å². The van der Waals surface area contributed by atoms with E-state index in [1.807, 2.05) is 6.07 Å². The lowest BCUT2D eigenvalue weighted by atomic mass is 9.83. The number of nitrogens with zero attached hydrogens (tertiary/aromatic N) is 1. The van der Waals surface area contributed by atoms with Crippen molar-refractivity contribution in [1.82, 2.24) is 0 Å². The Morgan fingerprint density at radius 3 is 2.69 bits per heavy atom. The molecule has 174 valence electrons. The van der Waals surface area contributed by atoms with Crippen molar-refractivity contribution >= 4 is 62.2 Å². The third-order valence-electron chi connectivity index (χ3n) is 5.47. The van der Waals surface area contributed by atoms with Gasteiger partial charge in [0.25, 0.3) is 0 Å². The van der Waals surface area contributed by atoms with E-state index in [9.17, 15) is 14.4 Å². The van der Waals surface area contributed by atoms with Crippen LogP contribution in [-0.4, -0.2) is 5.97 Å². The highest BCUT2D eigenvalue weighted by Crippen LogP contribution is 2.46. The molecule has 5 rings (SSSR count). The van der Waals surface area contributed by atoms with Crippen LogP contribution in [0.25, 0.3) is 10.1 Å². The maximum atomic E-state index is 14.8. The second-order valence-corrected chi connectivity index (χ2v) is 9.81. The molecule has 1 aliphatic heterocycles. The van der Waals surface area contributed by atoms with Gasteiger partial charge in [-0.05, 0) is 30.3 Å². The average molecular weight is 546 g/mol. The van der Waals surface area contributed by atoms with Crippen LogP contribution in [0.3, 0.4) is 0 Å². The summed E-state index contributed by atoms with van der Waals surface area (Å²) in [6, 6.07) is 15.9. The van der Waals surface area contributed by atoms with Gasteiger partial charge in [-0.15, -0.1) is 11.3 Å². The minimum atomic E-state index is -0.899. The molecular weight excluding hydrogens is 534 g/mol. The molecule has 0 aliphatic carbocycles. The molecule has 0 amide bonds. The molecule has 0 radical (unpaired) electrons. The van der Waals surface area contributed by atoms with Gasteiger partial charge in [0.15, 0.2) is 0 Å². The molecule has 0 fully saturated rings. The molecular formula is C25H12Cl3FN2O3S. The van der Waals surface area contributed by atoms with Crippen molar-refractivity contribution in [2.75, 3.05) is 0 Å². The zero-order valence-corrected chi connectivity index (χ0v) is 20.5. The summed E-state index contributed by atoms with van der Waals surface area (Å²) in [5.74, 6) is -2.01. The summed E-state index contributed by atoms with van der Waals surface area (Å²) in [7, 11) is 0. The Balaban J connectivity index is 1.52. The van der Waals surface area contributed by atoms with Crippen molar-refractivity contribution in [2.24, 2.45) is 5.73 Å². The number of halogens is 4. The predicted molar refractivity (Wildman–Crippen MR) is 134 cm³/mol. The molecule has 4 aromatic rings. The summed E-state index contributed by atoms with van der Waals surface area (Å²) in [6.07, 6.45) is 0. The van der Waals surface area contributed by atoms with Crippen molar-refractivity contribution in [3.05, 3.63) is 103 Å². The van der Waals surface area contributed by atoms with Gasteiger partial charge < -0.3 is 15.2 Å². The number of hydrogen-bond donors (Lipinski definition) is 1. The van der Waals surface area contributed by atoms with E-state index in [0.29, 0.717) is 16.0 Å². The Morgan fingerprint density at radius 2 is 1.94 bits per heavy atom. The third-order valence-corrected chi connectivity index (χ3v) is 7.67. The number of carbonyl (C=O) groups is 1. The molecule has 0 saturated carbocycles. The number of thiophene rings is 1. The first-order valence-electron chi connectivity index (χ1n) is 10.0. The first-order valence-corrected chi connectivity index (χ1v) is 12.0. The Labute approximate surface area is 217 Å². The number of nitriles is 1. The minimum Gasteiger partial charge on any atom is -0.440 e. The topological polar surface area (TPSA) is 85.3 Å². The van der Waals surface area contributed by atoms with Gasteiger partial charge in [0.2, 0.25) is 5.88 Å². The Morgan fingerprint density at radius 1 is 1.14 bits per heavy atom. The number of hydrogen-bond acceptors (Lipinski definition) is 6. The number of allylic oxidation sites excluding steroid dienone is 1. The molecule has 10 heteroatoms. The van der Waals surface area contributed by atoms with Gasteiger partial charge in [-0.2, -0.15) is 5.26 Å². The molecule has 0 bridgehead atoms. The van der Waals surface area contributed by atoms with Gasteiger partial charge in [-0.3, -0.25) is 0 Å². The fourth-order valence-electron chi connectivity index (χ4n) is 3.91. The van der Waals surface area contributed by atoms with Gasteiger partial charge in [0.05, 0.1) is 10.9 Å². The SMILES string of the molecule is N#CC1=C(N)Oc2cc(OC(=O)c3sc4cc(Cl)ccc4c3Cl)ccc2C1c1c(F)cccc1Cl. The maximum absolute atomic E-state index is 14.8. The lowest BCUT2D eigenvalue weighted by molar-refractivity contribution is 0.0740. The summed E-state index contributed by atoms with van der Waals surface area (Å²) < 4.78 is 26.7. The van der Waals surface area contributed by atoms with Crippen LogP contribution in [0.1, 0.15) is 26.7 Å². The van der Waals surface area contributed by atoms with E-state index in [0.717, 1.165) is 16.0 Å². The number of rotatable bonds is 3. The van der Waals surface area contributed by atoms with Crippen LogP contribution < -0.4 is 15.2 Å². The number of esters is 1. The van der Waals surface area contributed by atoms with Crippen LogP contribution in [0.2, 0.25) is 15.1 Å². The molecule has 0 saturated heterocycles. The fraction of sp³-hybridized carbons (Fsp3) is 0.0400. The molecule has 1 aromatic heterocycles. The zero-order chi connectivity index (χ0) is 24.9. The van der Waals surface area contributed by atoms with E-state index < -0.39 is 17.7 Å². The highest BCUT2D eigenvalue weighted by atomic mass is 35.5. The smallest absolute Gasteiger partial charge is 0.355 e. The zero-order valence-electron chi connectivity index (χ0n) is 17.4. The van der Waals surface area contributed by atoms with E-state index in [1.54, 1.807) is 24.3 Å². The number of nitrogens with two attached hydrogens (primary N) is 1. The third kappa shape index (κ3) is 4.09. The fourth-order valence-corrected chi connectivity index (χ4v) is 5.84. The molecule has 35 heavy (non-hydrogen) atoms. The molecule has 1 atom stereocenters. The van der Waals surface area contributed by atoms with Crippen LogP contribution in [0.15, 0.2) is 66.1 Å². The van der Waals surface area contributed by atoms with Crippen molar-refractivity contribution in [3.63, 3.8) is 0 Å². The van der Waals surface area contributed by atoms with Crippen LogP contribution in [0.4, 0.5) is 4.39 Å². The molecule has 2 heterocycles. The van der Waals surface area contributed by atoms with Gasteiger partial charge in [-0.25, -0.2) is 9.18 Å². The summed E-state index contributed by atoms with van der Waals surface area (Å²) in [4.78, 5) is 13.1. The van der Waals surface area contributed by atoms with Crippen LogP contribution in [-0.2, 0) is 0 Å². The first kappa shape index (κ1) is 23.5. The molecule has 5 nitrogen and oxygen atoms in total. The summed E-state index contributed by atoms with van der Waals surface area (Å²) >= 11 is 19.9. The number of carbonyl (C=O) groups excluding carboxylic acids is 1. The van der Waals surface area contributed by atoms with Gasteiger partial charge in [0.1, 0.15) is 33.8 Å². The number of fused-ring (bicyclic) bond motifs is 2. The van der Waals surface area contributed by atoms with Crippen molar-refractivity contribution < 1.29 is 18.7 Å². The quantitative estimate of drug-likeness (QED) is 0.214. The van der Waals surface area contributed by atoms with Gasteiger partial charge >= 0.3 is 5.97 Å². The molecule has 0 spiro atoms. The number of ether oxygens (including phenoxy) is 2. The largest absolute Gasteiger partial charge is 0.440 e. The van der Waals surface area contributed by atoms with Gasteiger partial charge in [-0.1, -0.05) is 53.0 Å². The van der Waals surface area contributed by atoms with Crippen LogP contribution >= 0.6 is 46.1 Å². The Hall–Kier alpha value is -3.28. The standard InChI is InChI=1S/C25H12Cl3FN2O3S/c26-11-4-6-14-19(8-11)35-23(22(14)28)25(32)33-12-5-7-13-18(9-12)34-24(31)15(10-30)20(13)21-16(27)2-1-3-17(21)29/h1-9,20H,31H2. The Kier molecular flexibility index (Phi) is 6.07. The monoisotopic (exact) mass is 544 g/mol. The van der Waals surface area contributed by atoms with Crippen molar-refractivity contribution in [1.29, 1.82) is 5.26 Å². The van der Waals surface area contributed by atoms with E-state index in [1.165, 1.54) is 30.3 Å².